The summed E-state index contributed by atoms with van der Waals surface area (Å²) in [5.74, 6) is -1.44. The van der Waals surface area contributed by atoms with E-state index in [0.717, 1.165) is 17.1 Å². The lowest BCUT2D eigenvalue weighted by atomic mass is 10.1. The molecule has 0 aliphatic heterocycles. The van der Waals surface area contributed by atoms with E-state index in [-0.39, 0.29) is 39.5 Å². The van der Waals surface area contributed by atoms with Crippen molar-refractivity contribution in [2.45, 2.75) is 50.6 Å². The van der Waals surface area contributed by atoms with Crippen LogP contribution in [-0.2, 0) is 26.2 Å². The van der Waals surface area contributed by atoms with E-state index in [1.165, 1.54) is 59.5 Å². The lowest BCUT2D eigenvalue weighted by molar-refractivity contribution is -0.140. The van der Waals surface area contributed by atoms with Crippen molar-refractivity contribution in [3.63, 3.8) is 0 Å². The quantitative estimate of drug-likeness (QED) is 0.240. The van der Waals surface area contributed by atoms with Gasteiger partial charge >= 0.3 is 0 Å². The Morgan fingerprint density at radius 1 is 0.950 bits per heavy atom. The number of benzene rings is 3. The molecule has 3 aromatic rings. The third-order valence-corrected chi connectivity index (χ3v) is 8.87. The van der Waals surface area contributed by atoms with Crippen molar-refractivity contribution < 1.29 is 22.4 Å². The number of hydrogen-bond acceptors (Lipinski definition) is 4. The molecule has 11 heteroatoms. The summed E-state index contributed by atoms with van der Waals surface area (Å²) in [6, 6.07) is 16.8. The summed E-state index contributed by atoms with van der Waals surface area (Å²) < 4.78 is 42.2. The summed E-state index contributed by atoms with van der Waals surface area (Å²) in [5.41, 5.74) is 0.598. The summed E-state index contributed by atoms with van der Waals surface area (Å²) in [7, 11) is -4.28. The number of rotatable bonds is 13. The number of anilines is 1. The molecule has 3 rings (SSSR count). The Labute approximate surface area is 244 Å². The van der Waals surface area contributed by atoms with Crippen LogP contribution in [-0.4, -0.2) is 44.3 Å². The van der Waals surface area contributed by atoms with E-state index in [1.807, 2.05) is 6.92 Å². The molecule has 0 bridgehead atoms. The van der Waals surface area contributed by atoms with E-state index in [0.29, 0.717) is 12.1 Å². The van der Waals surface area contributed by atoms with Gasteiger partial charge in [-0.3, -0.25) is 13.9 Å². The Balaban J connectivity index is 2.06. The first-order valence-corrected chi connectivity index (χ1v) is 15.1. The highest BCUT2D eigenvalue weighted by atomic mass is 35.5. The predicted molar refractivity (Wildman–Crippen MR) is 156 cm³/mol. The van der Waals surface area contributed by atoms with Crippen molar-refractivity contribution in [1.29, 1.82) is 0 Å². The van der Waals surface area contributed by atoms with Gasteiger partial charge in [-0.15, -0.1) is 0 Å². The minimum atomic E-state index is -4.28. The second-order valence-electron chi connectivity index (χ2n) is 9.11. The maximum atomic E-state index is 14.0. The maximum absolute atomic E-state index is 14.0. The van der Waals surface area contributed by atoms with Gasteiger partial charge in [0.2, 0.25) is 11.8 Å². The van der Waals surface area contributed by atoms with E-state index in [9.17, 15) is 22.4 Å². The van der Waals surface area contributed by atoms with Gasteiger partial charge in [0.1, 0.15) is 18.4 Å². The van der Waals surface area contributed by atoms with Gasteiger partial charge in [0.15, 0.2) is 0 Å². The van der Waals surface area contributed by atoms with Gasteiger partial charge < -0.3 is 10.2 Å². The first-order valence-electron chi connectivity index (χ1n) is 12.9. The molecule has 214 valence electrons. The summed E-state index contributed by atoms with van der Waals surface area (Å²) >= 11 is 12.7. The van der Waals surface area contributed by atoms with Crippen molar-refractivity contribution in [2.24, 2.45) is 0 Å². The van der Waals surface area contributed by atoms with Gasteiger partial charge in [0.05, 0.1) is 20.6 Å². The SMILES string of the molecule is CCCCNC(=O)C(CC)N(Cc1ccc(F)cc1)C(=O)CN(c1cccc(Cl)c1Cl)S(=O)(=O)c1ccccc1. The monoisotopic (exact) mass is 607 g/mol. The lowest BCUT2D eigenvalue weighted by Gasteiger charge is -2.33. The van der Waals surface area contributed by atoms with E-state index >= 15 is 0 Å². The van der Waals surface area contributed by atoms with Crippen LogP contribution in [0.4, 0.5) is 10.1 Å². The third-order valence-electron chi connectivity index (χ3n) is 6.29. The Morgan fingerprint density at radius 3 is 2.25 bits per heavy atom. The van der Waals surface area contributed by atoms with E-state index in [2.05, 4.69) is 5.32 Å². The lowest BCUT2D eigenvalue weighted by Crippen LogP contribution is -2.52. The normalized spacial score (nSPS) is 12.0. The molecule has 7 nitrogen and oxygen atoms in total. The van der Waals surface area contributed by atoms with Crippen molar-refractivity contribution in [1.82, 2.24) is 10.2 Å². The number of unbranched alkanes of at least 4 members (excludes halogenated alkanes) is 1. The molecule has 0 aliphatic carbocycles. The van der Waals surface area contributed by atoms with Crippen LogP contribution >= 0.6 is 23.2 Å². The van der Waals surface area contributed by atoms with Crippen molar-refractivity contribution in [3.8, 4) is 0 Å². The van der Waals surface area contributed by atoms with Crippen LogP contribution in [0.15, 0.2) is 77.7 Å². The minimum absolute atomic E-state index is 0.0218. The number of nitrogens with zero attached hydrogens (tertiary/aromatic N) is 2. The maximum Gasteiger partial charge on any atom is 0.264 e. The summed E-state index contributed by atoms with van der Waals surface area (Å²) in [6.45, 7) is 3.51. The molecule has 1 unspecified atom stereocenters. The molecule has 0 aliphatic rings. The van der Waals surface area contributed by atoms with Gasteiger partial charge in [0, 0.05) is 13.1 Å². The molecule has 0 fully saturated rings. The largest absolute Gasteiger partial charge is 0.354 e. The number of nitrogens with one attached hydrogen (secondary N) is 1. The zero-order valence-corrected chi connectivity index (χ0v) is 24.6. The van der Waals surface area contributed by atoms with Crippen LogP contribution in [0.2, 0.25) is 10.0 Å². The molecule has 0 aromatic heterocycles. The molecular weight excluding hydrogens is 576 g/mol. The highest BCUT2D eigenvalue weighted by Gasteiger charge is 2.34. The number of halogens is 3. The Morgan fingerprint density at radius 2 is 1.62 bits per heavy atom. The standard InChI is InChI=1S/C29H32Cl2FN3O4S/c1-3-5-18-33-29(37)25(4-2)34(19-21-14-16-22(32)17-15-21)27(36)20-35(26-13-9-12-24(30)28(26)31)40(38,39)23-10-7-6-8-11-23/h6-17,25H,3-5,18-20H2,1-2H3,(H,33,37). The van der Waals surface area contributed by atoms with Crippen LogP contribution < -0.4 is 9.62 Å². The van der Waals surface area contributed by atoms with Crippen LogP contribution in [0.25, 0.3) is 0 Å². The smallest absolute Gasteiger partial charge is 0.264 e. The van der Waals surface area contributed by atoms with Gasteiger partial charge in [-0.05, 0) is 54.8 Å². The molecule has 0 heterocycles. The van der Waals surface area contributed by atoms with Gasteiger partial charge in [-0.2, -0.15) is 0 Å². The molecule has 0 radical (unpaired) electrons. The van der Waals surface area contributed by atoms with Crippen molar-refractivity contribution in [3.05, 3.63) is 94.2 Å². The van der Waals surface area contributed by atoms with Gasteiger partial charge in [-0.25, -0.2) is 12.8 Å². The summed E-state index contributed by atoms with van der Waals surface area (Å²) in [5, 5.41) is 2.94. The zero-order chi connectivity index (χ0) is 29.3. The van der Waals surface area contributed by atoms with Crippen LogP contribution in [0.3, 0.4) is 0 Å². The van der Waals surface area contributed by atoms with Crippen molar-refractivity contribution >= 4 is 50.7 Å². The zero-order valence-electron chi connectivity index (χ0n) is 22.3. The first-order chi connectivity index (χ1) is 19.1. The number of hydrogen-bond donors (Lipinski definition) is 1. The molecule has 1 N–H and O–H groups in total. The predicted octanol–water partition coefficient (Wildman–Crippen LogP) is 6.05. The van der Waals surface area contributed by atoms with E-state index < -0.39 is 34.3 Å². The van der Waals surface area contributed by atoms with Gasteiger partial charge in [0.25, 0.3) is 10.0 Å². The van der Waals surface area contributed by atoms with E-state index in [1.54, 1.807) is 25.1 Å². The number of carbonyl (C=O) groups is 2. The fraction of sp³-hybridized carbons (Fsp3) is 0.310. The third kappa shape index (κ3) is 7.74. The summed E-state index contributed by atoms with van der Waals surface area (Å²) in [4.78, 5) is 28.4. The minimum Gasteiger partial charge on any atom is -0.354 e. The highest BCUT2D eigenvalue weighted by molar-refractivity contribution is 7.92. The Kier molecular flexibility index (Phi) is 11.4. The fourth-order valence-corrected chi connectivity index (χ4v) is 6.02. The molecule has 0 saturated carbocycles. The highest BCUT2D eigenvalue weighted by Crippen LogP contribution is 2.35. The molecule has 0 spiro atoms. The fourth-order valence-electron chi connectivity index (χ4n) is 4.13. The number of carbonyl (C=O) groups excluding carboxylic acids is 2. The average Bonchev–Trinajstić information content (AvgIpc) is 2.95. The number of sulfonamides is 1. The topological polar surface area (TPSA) is 86.8 Å². The van der Waals surface area contributed by atoms with Gasteiger partial charge in [-0.1, -0.05) is 79.9 Å². The molecule has 2 amide bonds. The molecule has 1 atom stereocenters. The first kappa shape index (κ1) is 31.4. The van der Waals surface area contributed by atoms with Crippen LogP contribution in [0.1, 0.15) is 38.7 Å². The number of amides is 2. The van der Waals surface area contributed by atoms with Crippen molar-refractivity contribution in [2.75, 3.05) is 17.4 Å². The second-order valence-corrected chi connectivity index (χ2v) is 11.8. The molecular formula is C29H32Cl2FN3O4S. The second kappa shape index (κ2) is 14.5. The average molecular weight is 609 g/mol. The summed E-state index contributed by atoms with van der Waals surface area (Å²) in [6.07, 6.45) is 1.92. The molecule has 40 heavy (non-hydrogen) atoms. The Hall–Kier alpha value is -3.14. The Bertz CT molecular complexity index is 1410. The molecule has 0 saturated heterocycles. The van der Waals surface area contributed by atoms with Crippen LogP contribution in [0.5, 0.6) is 0 Å². The van der Waals surface area contributed by atoms with E-state index in [4.69, 9.17) is 23.2 Å². The van der Waals surface area contributed by atoms with Crippen LogP contribution in [0, 0.1) is 5.82 Å². The molecule has 3 aromatic carbocycles.